The summed E-state index contributed by atoms with van der Waals surface area (Å²) in [6.07, 6.45) is 0. The number of halogens is 1. The molecule has 4 nitrogen and oxygen atoms in total. The van der Waals surface area contributed by atoms with E-state index in [9.17, 15) is 4.79 Å². The van der Waals surface area contributed by atoms with Gasteiger partial charge in [-0.05, 0) is 43.9 Å². The molecule has 1 unspecified atom stereocenters. The summed E-state index contributed by atoms with van der Waals surface area (Å²) in [5.74, 6) is 1.73. The standard InChI is InChI=1S/C15H19ClN2O2/c1-15(2,20-10-5-3-4-9(16)6-10)14(19)18-13-11-7-17-8-12(11)13/h3-6,11-13,17H,7-8H2,1-2H3,(H,18,19)/t11-,12+,13?. The maximum atomic E-state index is 12.3. The molecule has 5 heteroatoms. The second-order valence-electron chi connectivity index (χ2n) is 6.05. The van der Waals surface area contributed by atoms with E-state index in [-0.39, 0.29) is 5.91 Å². The Labute approximate surface area is 123 Å². The highest BCUT2D eigenvalue weighted by molar-refractivity contribution is 6.30. The monoisotopic (exact) mass is 294 g/mol. The van der Waals surface area contributed by atoms with Crippen LogP contribution < -0.4 is 15.4 Å². The largest absolute Gasteiger partial charge is 0.478 e. The third-order valence-electron chi connectivity index (χ3n) is 4.11. The summed E-state index contributed by atoms with van der Waals surface area (Å²) in [7, 11) is 0. The van der Waals surface area contributed by atoms with Gasteiger partial charge in [0.05, 0.1) is 0 Å². The van der Waals surface area contributed by atoms with Crippen molar-refractivity contribution in [2.24, 2.45) is 11.8 Å². The summed E-state index contributed by atoms with van der Waals surface area (Å²) in [5.41, 5.74) is -0.908. The predicted octanol–water partition coefficient (Wildman–Crippen LogP) is 1.83. The molecule has 3 rings (SSSR count). The molecule has 0 radical (unpaired) electrons. The molecule has 3 atom stereocenters. The highest BCUT2D eigenvalue weighted by Crippen LogP contribution is 2.41. The smallest absolute Gasteiger partial charge is 0.263 e. The van der Waals surface area contributed by atoms with Gasteiger partial charge >= 0.3 is 0 Å². The molecule has 0 bridgehead atoms. The molecule has 1 aromatic rings. The van der Waals surface area contributed by atoms with Gasteiger partial charge in [-0.1, -0.05) is 17.7 Å². The molecule has 2 fully saturated rings. The van der Waals surface area contributed by atoms with E-state index in [1.807, 2.05) is 6.07 Å². The minimum Gasteiger partial charge on any atom is -0.478 e. The summed E-state index contributed by atoms with van der Waals surface area (Å²) in [5, 5.41) is 7.01. The summed E-state index contributed by atoms with van der Waals surface area (Å²) in [4.78, 5) is 12.3. The normalized spacial score (nSPS) is 27.9. The maximum Gasteiger partial charge on any atom is 0.263 e. The Kier molecular flexibility index (Phi) is 3.38. The number of hydrogen-bond acceptors (Lipinski definition) is 3. The van der Waals surface area contributed by atoms with Gasteiger partial charge in [0.15, 0.2) is 5.60 Å². The van der Waals surface area contributed by atoms with Crippen molar-refractivity contribution in [3.05, 3.63) is 29.3 Å². The molecular weight excluding hydrogens is 276 g/mol. The van der Waals surface area contributed by atoms with Crippen LogP contribution in [0.5, 0.6) is 5.75 Å². The van der Waals surface area contributed by atoms with E-state index in [0.717, 1.165) is 13.1 Å². The summed E-state index contributed by atoms with van der Waals surface area (Å²) < 4.78 is 5.78. The number of amides is 1. The molecule has 1 heterocycles. The Morgan fingerprint density at radius 2 is 2.10 bits per heavy atom. The third-order valence-corrected chi connectivity index (χ3v) is 4.34. The first-order chi connectivity index (χ1) is 9.47. The van der Waals surface area contributed by atoms with Crippen LogP contribution in [0, 0.1) is 11.8 Å². The fraction of sp³-hybridized carbons (Fsp3) is 0.533. The van der Waals surface area contributed by atoms with Gasteiger partial charge in [0.25, 0.3) is 5.91 Å². The number of hydrogen-bond donors (Lipinski definition) is 2. The number of fused-ring (bicyclic) bond motifs is 1. The minimum atomic E-state index is -0.908. The fourth-order valence-electron chi connectivity index (χ4n) is 2.83. The highest BCUT2D eigenvalue weighted by Gasteiger charge is 2.54. The van der Waals surface area contributed by atoms with E-state index in [1.165, 1.54) is 0 Å². The number of piperidine rings is 1. The highest BCUT2D eigenvalue weighted by atomic mass is 35.5. The SMILES string of the molecule is CC(C)(Oc1cccc(Cl)c1)C(=O)NC1[C@H]2CNC[C@@H]12. The van der Waals surface area contributed by atoms with Crippen molar-refractivity contribution in [1.29, 1.82) is 0 Å². The van der Waals surface area contributed by atoms with Crippen LogP contribution >= 0.6 is 11.6 Å². The topological polar surface area (TPSA) is 50.4 Å². The molecule has 1 aliphatic heterocycles. The Bertz CT molecular complexity index is 522. The molecule has 0 aromatic heterocycles. The van der Waals surface area contributed by atoms with Crippen LogP contribution in [0.15, 0.2) is 24.3 Å². The first-order valence-corrected chi connectivity index (χ1v) is 7.31. The van der Waals surface area contributed by atoms with Crippen molar-refractivity contribution in [2.45, 2.75) is 25.5 Å². The van der Waals surface area contributed by atoms with Crippen LogP contribution in [0.4, 0.5) is 0 Å². The molecule has 1 saturated carbocycles. The molecule has 1 amide bonds. The third kappa shape index (κ3) is 2.63. The van der Waals surface area contributed by atoms with Crippen LogP contribution in [0.3, 0.4) is 0 Å². The lowest BCUT2D eigenvalue weighted by atomic mass is 10.1. The Morgan fingerprint density at radius 3 is 2.75 bits per heavy atom. The summed E-state index contributed by atoms with van der Waals surface area (Å²) in [6.45, 7) is 5.57. The maximum absolute atomic E-state index is 12.3. The van der Waals surface area contributed by atoms with Crippen molar-refractivity contribution in [3.8, 4) is 5.75 Å². The van der Waals surface area contributed by atoms with Gasteiger partial charge in [0, 0.05) is 24.2 Å². The average Bonchev–Trinajstić information content (AvgIpc) is 2.82. The van der Waals surface area contributed by atoms with Crippen LogP contribution in [-0.4, -0.2) is 30.6 Å². The number of benzene rings is 1. The van der Waals surface area contributed by atoms with Crippen molar-refractivity contribution >= 4 is 17.5 Å². The number of carbonyl (C=O) groups excluding carboxylic acids is 1. The second-order valence-corrected chi connectivity index (χ2v) is 6.49. The van der Waals surface area contributed by atoms with Crippen LogP contribution in [0.1, 0.15) is 13.8 Å². The van der Waals surface area contributed by atoms with Gasteiger partial charge in [0.1, 0.15) is 5.75 Å². The molecule has 0 spiro atoms. The number of nitrogens with one attached hydrogen (secondary N) is 2. The Hall–Kier alpha value is -1.26. The molecule has 1 saturated heterocycles. The van der Waals surface area contributed by atoms with Gasteiger partial charge in [0.2, 0.25) is 0 Å². The van der Waals surface area contributed by atoms with E-state index in [4.69, 9.17) is 16.3 Å². The van der Waals surface area contributed by atoms with Crippen LogP contribution in [0.25, 0.3) is 0 Å². The van der Waals surface area contributed by atoms with E-state index in [0.29, 0.717) is 28.6 Å². The molecule has 2 aliphatic rings. The van der Waals surface area contributed by atoms with Gasteiger partial charge < -0.3 is 15.4 Å². The first kappa shape index (κ1) is 13.7. The lowest BCUT2D eigenvalue weighted by molar-refractivity contribution is -0.134. The lowest BCUT2D eigenvalue weighted by Crippen LogP contribution is -2.48. The fourth-order valence-corrected chi connectivity index (χ4v) is 3.01. The van der Waals surface area contributed by atoms with E-state index < -0.39 is 5.60 Å². The van der Waals surface area contributed by atoms with E-state index >= 15 is 0 Å². The van der Waals surface area contributed by atoms with Crippen LogP contribution in [0.2, 0.25) is 5.02 Å². The van der Waals surface area contributed by atoms with Crippen molar-refractivity contribution in [2.75, 3.05) is 13.1 Å². The van der Waals surface area contributed by atoms with Crippen molar-refractivity contribution in [3.63, 3.8) is 0 Å². The molecule has 2 N–H and O–H groups in total. The zero-order valence-corrected chi connectivity index (χ0v) is 12.4. The van der Waals surface area contributed by atoms with Gasteiger partial charge in [-0.25, -0.2) is 0 Å². The van der Waals surface area contributed by atoms with E-state index in [1.54, 1.807) is 32.0 Å². The molecule has 20 heavy (non-hydrogen) atoms. The Morgan fingerprint density at radius 1 is 1.40 bits per heavy atom. The van der Waals surface area contributed by atoms with Crippen molar-refractivity contribution in [1.82, 2.24) is 10.6 Å². The van der Waals surface area contributed by atoms with Gasteiger partial charge in [-0.3, -0.25) is 4.79 Å². The summed E-state index contributed by atoms with van der Waals surface area (Å²) >= 11 is 5.92. The minimum absolute atomic E-state index is 0.0723. The molecule has 1 aromatic carbocycles. The van der Waals surface area contributed by atoms with Gasteiger partial charge in [-0.15, -0.1) is 0 Å². The quantitative estimate of drug-likeness (QED) is 0.891. The average molecular weight is 295 g/mol. The zero-order chi connectivity index (χ0) is 14.3. The predicted molar refractivity (Wildman–Crippen MR) is 77.9 cm³/mol. The second kappa shape index (κ2) is 4.93. The lowest BCUT2D eigenvalue weighted by Gasteiger charge is -2.26. The van der Waals surface area contributed by atoms with Gasteiger partial charge in [-0.2, -0.15) is 0 Å². The van der Waals surface area contributed by atoms with Crippen LogP contribution in [-0.2, 0) is 4.79 Å². The van der Waals surface area contributed by atoms with Crippen molar-refractivity contribution < 1.29 is 9.53 Å². The number of carbonyl (C=O) groups is 1. The first-order valence-electron chi connectivity index (χ1n) is 6.94. The Balaban J connectivity index is 1.61. The zero-order valence-electron chi connectivity index (χ0n) is 11.7. The van der Waals surface area contributed by atoms with E-state index in [2.05, 4.69) is 10.6 Å². The molecule has 108 valence electrons. The molecule has 1 aliphatic carbocycles. The summed E-state index contributed by atoms with van der Waals surface area (Å²) in [6, 6.07) is 7.41. The molecular formula is C15H19ClN2O2. The number of ether oxygens (including phenoxy) is 1. The number of rotatable bonds is 4.